The predicted molar refractivity (Wildman–Crippen MR) is 68.3 cm³/mol. The lowest BCUT2D eigenvalue weighted by molar-refractivity contribution is -0.142. The summed E-state index contributed by atoms with van der Waals surface area (Å²) in [5, 5.41) is 9.02. The number of thiophene rings is 1. The number of nitrogens with zero attached hydrogens (tertiary/aromatic N) is 1. The van der Waals surface area contributed by atoms with Crippen LogP contribution in [0.5, 0.6) is 0 Å². The van der Waals surface area contributed by atoms with E-state index in [0.29, 0.717) is 17.8 Å². The Morgan fingerprint density at radius 3 is 2.71 bits per heavy atom. The zero-order valence-electron chi connectivity index (χ0n) is 9.22. The number of carboxylic acid groups (broad SMARTS) is 1. The van der Waals surface area contributed by atoms with Crippen molar-refractivity contribution in [2.75, 3.05) is 6.54 Å². The molecule has 2 atom stereocenters. The van der Waals surface area contributed by atoms with Crippen molar-refractivity contribution in [1.82, 2.24) is 4.90 Å². The molecule has 1 N–H and O–H groups in total. The monoisotopic (exact) mass is 317 g/mol. The van der Waals surface area contributed by atoms with E-state index in [-0.39, 0.29) is 11.9 Å². The second kappa shape index (κ2) is 4.78. The van der Waals surface area contributed by atoms with E-state index in [1.54, 1.807) is 17.9 Å². The number of halogens is 1. The van der Waals surface area contributed by atoms with Crippen LogP contribution in [0.4, 0.5) is 0 Å². The first-order chi connectivity index (χ1) is 8.00. The van der Waals surface area contributed by atoms with Crippen LogP contribution in [-0.2, 0) is 4.79 Å². The van der Waals surface area contributed by atoms with E-state index in [9.17, 15) is 9.59 Å². The smallest absolute Gasteiger partial charge is 0.308 e. The summed E-state index contributed by atoms with van der Waals surface area (Å²) in [6.07, 6.45) is 0.536. The number of rotatable bonds is 2. The highest BCUT2D eigenvalue weighted by atomic mass is 79.9. The molecule has 6 heteroatoms. The van der Waals surface area contributed by atoms with Crippen molar-refractivity contribution in [3.05, 3.63) is 20.8 Å². The molecule has 1 fully saturated rings. The van der Waals surface area contributed by atoms with Crippen LogP contribution < -0.4 is 0 Å². The molecule has 1 aliphatic heterocycles. The number of amides is 1. The number of carboxylic acids is 1. The molecule has 0 bridgehead atoms. The fourth-order valence-electron chi connectivity index (χ4n) is 2.13. The van der Waals surface area contributed by atoms with Gasteiger partial charge >= 0.3 is 5.97 Å². The van der Waals surface area contributed by atoms with Gasteiger partial charge in [-0.2, -0.15) is 0 Å². The molecule has 2 rings (SSSR count). The zero-order valence-corrected chi connectivity index (χ0v) is 11.6. The van der Waals surface area contributed by atoms with Gasteiger partial charge in [0.1, 0.15) is 0 Å². The summed E-state index contributed by atoms with van der Waals surface area (Å²) in [6, 6.07) is 3.35. The van der Waals surface area contributed by atoms with E-state index in [0.717, 1.165) is 3.79 Å². The third-order valence-electron chi connectivity index (χ3n) is 3.12. The van der Waals surface area contributed by atoms with Crippen LogP contribution >= 0.6 is 27.3 Å². The first kappa shape index (κ1) is 12.6. The minimum atomic E-state index is -0.819. The van der Waals surface area contributed by atoms with Gasteiger partial charge in [0.25, 0.3) is 5.91 Å². The van der Waals surface area contributed by atoms with Crippen molar-refractivity contribution < 1.29 is 14.7 Å². The van der Waals surface area contributed by atoms with E-state index in [4.69, 9.17) is 5.11 Å². The molecule has 0 radical (unpaired) electrons. The summed E-state index contributed by atoms with van der Waals surface area (Å²) in [6.45, 7) is 2.32. The molecule has 2 heterocycles. The minimum Gasteiger partial charge on any atom is -0.481 e. The Labute approximate surface area is 111 Å². The van der Waals surface area contributed by atoms with Crippen LogP contribution in [0.1, 0.15) is 23.0 Å². The molecule has 4 nitrogen and oxygen atoms in total. The number of hydrogen-bond acceptors (Lipinski definition) is 3. The van der Waals surface area contributed by atoms with Gasteiger partial charge < -0.3 is 10.0 Å². The lowest BCUT2D eigenvalue weighted by Gasteiger charge is -2.22. The summed E-state index contributed by atoms with van der Waals surface area (Å²) < 4.78 is 0.905. The van der Waals surface area contributed by atoms with Crippen LogP contribution in [0.15, 0.2) is 15.9 Å². The molecular weight excluding hydrogens is 306 g/mol. The normalized spacial score (nSPS) is 24.0. The van der Waals surface area contributed by atoms with E-state index < -0.39 is 11.9 Å². The number of carbonyl (C=O) groups excluding carboxylic acids is 1. The molecule has 1 aromatic heterocycles. The average Bonchev–Trinajstić information content (AvgIpc) is 2.83. The van der Waals surface area contributed by atoms with Crippen LogP contribution in [0.2, 0.25) is 0 Å². The standard InChI is InChI=1S/C11H12BrNO3S/c1-6-7(11(15)16)4-5-13(6)10(14)8-2-3-9(12)17-8/h2-3,6-7H,4-5H2,1H3,(H,15,16). The molecule has 0 aromatic carbocycles. The van der Waals surface area contributed by atoms with E-state index in [2.05, 4.69) is 15.9 Å². The highest BCUT2D eigenvalue weighted by Crippen LogP contribution is 2.29. The van der Waals surface area contributed by atoms with Gasteiger partial charge in [0, 0.05) is 12.6 Å². The van der Waals surface area contributed by atoms with Gasteiger partial charge in [-0.15, -0.1) is 11.3 Å². The second-order valence-corrected chi connectivity index (χ2v) is 6.54. The highest BCUT2D eigenvalue weighted by Gasteiger charge is 2.38. The van der Waals surface area contributed by atoms with Gasteiger partial charge in [0.05, 0.1) is 14.6 Å². The molecule has 1 aromatic rings. The quantitative estimate of drug-likeness (QED) is 0.911. The van der Waals surface area contributed by atoms with Gasteiger partial charge in [0.2, 0.25) is 0 Å². The van der Waals surface area contributed by atoms with Gasteiger partial charge in [-0.1, -0.05) is 0 Å². The first-order valence-electron chi connectivity index (χ1n) is 5.30. The maximum Gasteiger partial charge on any atom is 0.308 e. The maximum absolute atomic E-state index is 12.2. The number of aliphatic carboxylic acids is 1. The molecule has 1 amide bonds. The highest BCUT2D eigenvalue weighted by molar-refractivity contribution is 9.11. The molecule has 92 valence electrons. The zero-order chi connectivity index (χ0) is 12.6. The van der Waals surface area contributed by atoms with E-state index in [1.165, 1.54) is 11.3 Å². The number of hydrogen-bond donors (Lipinski definition) is 1. The summed E-state index contributed by atoms with van der Waals surface area (Å²) in [7, 11) is 0. The molecule has 2 unspecified atom stereocenters. The summed E-state index contributed by atoms with van der Waals surface area (Å²) >= 11 is 4.69. The van der Waals surface area contributed by atoms with Crippen molar-refractivity contribution in [2.24, 2.45) is 5.92 Å². The fraction of sp³-hybridized carbons (Fsp3) is 0.455. The summed E-state index contributed by atoms with van der Waals surface area (Å²) in [5.74, 6) is -1.33. The van der Waals surface area contributed by atoms with Crippen molar-refractivity contribution in [3.8, 4) is 0 Å². The number of likely N-dealkylation sites (tertiary alicyclic amines) is 1. The van der Waals surface area contributed by atoms with E-state index >= 15 is 0 Å². The summed E-state index contributed by atoms with van der Waals surface area (Å²) in [4.78, 5) is 25.4. The third kappa shape index (κ3) is 2.37. The second-order valence-electron chi connectivity index (χ2n) is 4.08. The Bertz CT molecular complexity index is 459. The van der Waals surface area contributed by atoms with Crippen molar-refractivity contribution in [3.63, 3.8) is 0 Å². The Morgan fingerprint density at radius 2 is 2.24 bits per heavy atom. The third-order valence-corrected chi connectivity index (χ3v) is 4.73. The predicted octanol–water partition coefficient (Wildman–Crippen LogP) is 2.45. The topological polar surface area (TPSA) is 57.6 Å². The Kier molecular flexibility index (Phi) is 3.53. The lowest BCUT2D eigenvalue weighted by atomic mass is 10.0. The van der Waals surface area contributed by atoms with Gasteiger partial charge in [0.15, 0.2) is 0 Å². The maximum atomic E-state index is 12.2. The SMILES string of the molecule is CC1C(C(=O)O)CCN1C(=O)c1ccc(Br)s1. The van der Waals surface area contributed by atoms with Gasteiger partial charge in [-0.3, -0.25) is 9.59 Å². The van der Waals surface area contributed by atoms with Gasteiger partial charge in [-0.05, 0) is 41.4 Å². The minimum absolute atomic E-state index is 0.0723. The Hall–Kier alpha value is -0.880. The van der Waals surface area contributed by atoms with Gasteiger partial charge in [-0.25, -0.2) is 0 Å². The average molecular weight is 318 g/mol. The van der Waals surface area contributed by atoms with Crippen LogP contribution in [0.3, 0.4) is 0 Å². The van der Waals surface area contributed by atoms with Crippen molar-refractivity contribution >= 4 is 39.1 Å². The summed E-state index contributed by atoms with van der Waals surface area (Å²) in [5.41, 5.74) is 0. The fourth-order valence-corrected chi connectivity index (χ4v) is 3.47. The van der Waals surface area contributed by atoms with Crippen LogP contribution in [-0.4, -0.2) is 34.5 Å². The molecule has 0 saturated carbocycles. The molecular formula is C11H12BrNO3S. The largest absolute Gasteiger partial charge is 0.481 e. The number of carbonyl (C=O) groups is 2. The Morgan fingerprint density at radius 1 is 1.53 bits per heavy atom. The van der Waals surface area contributed by atoms with Crippen molar-refractivity contribution in [2.45, 2.75) is 19.4 Å². The molecule has 1 saturated heterocycles. The van der Waals surface area contributed by atoms with Crippen LogP contribution in [0.25, 0.3) is 0 Å². The van der Waals surface area contributed by atoms with E-state index in [1.807, 2.05) is 6.07 Å². The molecule has 1 aliphatic rings. The van der Waals surface area contributed by atoms with Crippen molar-refractivity contribution in [1.29, 1.82) is 0 Å². The molecule has 17 heavy (non-hydrogen) atoms. The first-order valence-corrected chi connectivity index (χ1v) is 6.90. The molecule has 0 spiro atoms. The Balaban J connectivity index is 2.14. The lowest BCUT2D eigenvalue weighted by Crippen LogP contribution is -2.37. The van der Waals surface area contributed by atoms with Crippen LogP contribution in [0, 0.1) is 5.92 Å². The molecule has 0 aliphatic carbocycles.